The molecule has 0 spiro atoms. The predicted octanol–water partition coefficient (Wildman–Crippen LogP) is 2.98. The number of hydrogen-bond donors (Lipinski definition) is 1. The number of aliphatic hydroxyl groups excluding tert-OH is 1. The second-order valence-corrected chi connectivity index (χ2v) is 6.26. The molecule has 0 aliphatic carbocycles. The van der Waals surface area contributed by atoms with Gasteiger partial charge in [0.05, 0.1) is 10.6 Å². The van der Waals surface area contributed by atoms with Crippen LogP contribution in [0.3, 0.4) is 0 Å². The first-order valence-electron chi connectivity index (χ1n) is 5.03. The quantitative estimate of drug-likeness (QED) is 0.896. The fourth-order valence-corrected chi connectivity index (χ4v) is 3.04. The highest BCUT2D eigenvalue weighted by Crippen LogP contribution is 2.33. The summed E-state index contributed by atoms with van der Waals surface area (Å²) >= 11 is 2.86. The van der Waals surface area contributed by atoms with Crippen LogP contribution in [0.5, 0.6) is 0 Å². The zero-order valence-electron chi connectivity index (χ0n) is 9.47. The Morgan fingerprint density at radius 3 is 2.69 bits per heavy atom. The summed E-state index contributed by atoms with van der Waals surface area (Å²) in [6, 6.07) is 1.93. The normalized spacial score (nSPS) is 14.0. The summed E-state index contributed by atoms with van der Waals surface area (Å²) in [5.74, 6) is 0. The van der Waals surface area contributed by atoms with Gasteiger partial charge in [0, 0.05) is 5.41 Å². The molecule has 1 atom stereocenters. The Balaban J connectivity index is 2.38. The molecule has 1 unspecified atom stereocenters. The lowest BCUT2D eigenvalue weighted by atomic mass is 9.90. The van der Waals surface area contributed by atoms with E-state index in [2.05, 4.69) is 30.4 Å². The van der Waals surface area contributed by atoms with Gasteiger partial charge >= 0.3 is 0 Å². The first-order valence-corrected chi connectivity index (χ1v) is 6.74. The van der Waals surface area contributed by atoms with E-state index in [0.29, 0.717) is 0 Å². The monoisotopic (exact) mass is 254 g/mol. The summed E-state index contributed by atoms with van der Waals surface area (Å²) in [4.78, 5) is 0.853. The van der Waals surface area contributed by atoms with Crippen molar-refractivity contribution in [2.45, 2.75) is 32.3 Å². The molecule has 86 valence electrons. The summed E-state index contributed by atoms with van der Waals surface area (Å²) in [6.07, 6.45) is -0.597. The molecular formula is C11H14N2OS2. The van der Waals surface area contributed by atoms with Crippen LogP contribution in [0.2, 0.25) is 0 Å². The molecule has 0 saturated carbocycles. The lowest BCUT2D eigenvalue weighted by molar-refractivity contribution is 0.221. The number of thiophene rings is 1. The van der Waals surface area contributed by atoms with Crippen molar-refractivity contribution in [2.24, 2.45) is 0 Å². The zero-order chi connectivity index (χ0) is 11.8. The third kappa shape index (κ3) is 2.16. The molecule has 0 aromatic carbocycles. The van der Waals surface area contributed by atoms with Crippen LogP contribution in [0.4, 0.5) is 0 Å². The molecule has 16 heavy (non-hydrogen) atoms. The standard InChI is InChI=1S/C11H14N2OS2/c1-11(2,3)10-9(16-13-12-10)8(14)7-4-5-15-6-7/h4-6,8,14H,1-3H3. The summed E-state index contributed by atoms with van der Waals surface area (Å²) in [5, 5.41) is 18.3. The van der Waals surface area contributed by atoms with Crippen LogP contribution in [-0.2, 0) is 5.41 Å². The highest BCUT2D eigenvalue weighted by atomic mass is 32.1. The van der Waals surface area contributed by atoms with Gasteiger partial charge in [0.25, 0.3) is 0 Å². The van der Waals surface area contributed by atoms with Crippen LogP contribution in [-0.4, -0.2) is 14.7 Å². The third-order valence-corrected chi connectivity index (χ3v) is 3.81. The summed E-state index contributed by atoms with van der Waals surface area (Å²) in [6.45, 7) is 6.23. The molecule has 0 bridgehead atoms. The summed E-state index contributed by atoms with van der Waals surface area (Å²) in [5.41, 5.74) is 1.72. The summed E-state index contributed by atoms with van der Waals surface area (Å²) in [7, 11) is 0. The van der Waals surface area contributed by atoms with Crippen LogP contribution in [0.25, 0.3) is 0 Å². The Morgan fingerprint density at radius 1 is 1.38 bits per heavy atom. The smallest absolute Gasteiger partial charge is 0.118 e. The van der Waals surface area contributed by atoms with E-state index >= 15 is 0 Å². The van der Waals surface area contributed by atoms with Crippen LogP contribution in [0.1, 0.15) is 43.0 Å². The highest BCUT2D eigenvalue weighted by Gasteiger charge is 2.27. The van der Waals surface area contributed by atoms with Crippen LogP contribution < -0.4 is 0 Å². The van der Waals surface area contributed by atoms with Gasteiger partial charge in [-0.1, -0.05) is 25.3 Å². The van der Waals surface area contributed by atoms with Gasteiger partial charge in [0.15, 0.2) is 0 Å². The molecule has 5 heteroatoms. The average Bonchev–Trinajstić information content (AvgIpc) is 2.87. The minimum absolute atomic E-state index is 0.0840. The van der Waals surface area contributed by atoms with Crippen molar-refractivity contribution >= 4 is 22.9 Å². The number of rotatable bonds is 2. The second kappa shape index (κ2) is 4.24. The summed E-state index contributed by atoms with van der Waals surface area (Å²) < 4.78 is 3.95. The van der Waals surface area contributed by atoms with Crippen molar-refractivity contribution in [1.29, 1.82) is 0 Å². The fraction of sp³-hybridized carbons (Fsp3) is 0.455. The molecule has 3 nitrogen and oxygen atoms in total. The molecule has 1 N–H and O–H groups in total. The van der Waals surface area contributed by atoms with Crippen molar-refractivity contribution in [3.8, 4) is 0 Å². The van der Waals surface area contributed by atoms with Crippen molar-refractivity contribution < 1.29 is 5.11 Å². The van der Waals surface area contributed by atoms with E-state index in [0.717, 1.165) is 16.1 Å². The molecule has 0 saturated heterocycles. The van der Waals surface area contributed by atoms with Crippen molar-refractivity contribution in [1.82, 2.24) is 9.59 Å². The van der Waals surface area contributed by atoms with Crippen molar-refractivity contribution in [3.63, 3.8) is 0 Å². The molecule has 0 aliphatic heterocycles. The molecule has 0 amide bonds. The number of hydrogen-bond acceptors (Lipinski definition) is 5. The van der Waals surface area contributed by atoms with E-state index in [4.69, 9.17) is 0 Å². The first kappa shape index (κ1) is 11.7. The van der Waals surface area contributed by atoms with Crippen LogP contribution in [0, 0.1) is 0 Å². The predicted molar refractivity (Wildman–Crippen MR) is 67.0 cm³/mol. The van der Waals surface area contributed by atoms with Crippen molar-refractivity contribution in [2.75, 3.05) is 0 Å². The van der Waals surface area contributed by atoms with Gasteiger partial charge in [-0.15, -0.1) is 5.10 Å². The van der Waals surface area contributed by atoms with Gasteiger partial charge in [0.2, 0.25) is 0 Å². The van der Waals surface area contributed by atoms with Gasteiger partial charge < -0.3 is 5.11 Å². The maximum Gasteiger partial charge on any atom is 0.118 e. The van der Waals surface area contributed by atoms with E-state index in [1.165, 1.54) is 11.5 Å². The molecule has 2 aromatic heterocycles. The molecule has 2 aromatic rings. The fourth-order valence-electron chi connectivity index (χ4n) is 1.48. The van der Waals surface area contributed by atoms with Gasteiger partial charge in [-0.2, -0.15) is 11.3 Å². The minimum atomic E-state index is -0.597. The maximum absolute atomic E-state index is 10.3. The Bertz CT molecular complexity index is 457. The van der Waals surface area contributed by atoms with E-state index in [9.17, 15) is 5.11 Å². The third-order valence-electron chi connectivity index (χ3n) is 2.33. The molecule has 2 rings (SSSR count). The highest BCUT2D eigenvalue weighted by molar-refractivity contribution is 7.08. The number of aromatic nitrogens is 2. The first-order chi connectivity index (χ1) is 7.50. The largest absolute Gasteiger partial charge is 0.383 e. The number of aliphatic hydroxyl groups is 1. The Hall–Kier alpha value is -0.780. The molecule has 0 fully saturated rings. The van der Waals surface area contributed by atoms with E-state index in [1.807, 2.05) is 16.8 Å². The topological polar surface area (TPSA) is 46.0 Å². The molecule has 0 aliphatic rings. The van der Waals surface area contributed by atoms with Gasteiger partial charge in [-0.05, 0) is 33.9 Å². The van der Waals surface area contributed by atoms with Crippen LogP contribution in [0.15, 0.2) is 16.8 Å². The van der Waals surface area contributed by atoms with Crippen LogP contribution >= 0.6 is 22.9 Å². The minimum Gasteiger partial charge on any atom is -0.383 e. The molecule has 2 heterocycles. The van der Waals surface area contributed by atoms with Crippen molar-refractivity contribution in [3.05, 3.63) is 33.0 Å². The Morgan fingerprint density at radius 2 is 2.12 bits per heavy atom. The zero-order valence-corrected chi connectivity index (χ0v) is 11.1. The molecular weight excluding hydrogens is 240 g/mol. The van der Waals surface area contributed by atoms with Gasteiger partial charge in [0.1, 0.15) is 6.10 Å². The van der Waals surface area contributed by atoms with E-state index in [1.54, 1.807) is 11.3 Å². The lowest BCUT2D eigenvalue weighted by Gasteiger charge is -2.18. The SMILES string of the molecule is CC(C)(C)c1nnsc1C(O)c1ccsc1. The van der Waals surface area contributed by atoms with Gasteiger partial charge in [-0.25, -0.2) is 0 Å². The number of nitrogens with zero attached hydrogens (tertiary/aromatic N) is 2. The van der Waals surface area contributed by atoms with E-state index in [-0.39, 0.29) is 5.41 Å². The lowest BCUT2D eigenvalue weighted by Crippen LogP contribution is -2.15. The maximum atomic E-state index is 10.3. The average molecular weight is 254 g/mol. The Kier molecular flexibility index (Phi) is 3.10. The Labute approximate surface area is 103 Å². The van der Waals surface area contributed by atoms with Gasteiger partial charge in [-0.3, -0.25) is 0 Å². The van der Waals surface area contributed by atoms with E-state index < -0.39 is 6.10 Å². The molecule has 0 radical (unpaired) electrons. The second-order valence-electron chi connectivity index (χ2n) is 4.70.